The van der Waals surface area contributed by atoms with Crippen LogP contribution in [0.25, 0.3) is 0 Å². The molecular formula is C13H24N4O. The summed E-state index contributed by atoms with van der Waals surface area (Å²) in [6, 6.07) is 0. The highest BCUT2D eigenvalue weighted by Gasteiger charge is 2.11. The SMILES string of the molecule is CCOc1nc(CC)nc(NCCC(C)C)c1N. The monoisotopic (exact) mass is 252 g/mol. The van der Waals surface area contributed by atoms with Crippen molar-refractivity contribution in [2.24, 2.45) is 5.92 Å². The summed E-state index contributed by atoms with van der Waals surface area (Å²) < 4.78 is 5.43. The number of hydrogen-bond donors (Lipinski definition) is 2. The Morgan fingerprint density at radius 3 is 2.56 bits per heavy atom. The number of anilines is 2. The van der Waals surface area contributed by atoms with E-state index in [9.17, 15) is 0 Å². The lowest BCUT2D eigenvalue weighted by Gasteiger charge is -2.13. The number of ether oxygens (including phenoxy) is 1. The average Bonchev–Trinajstić information content (AvgIpc) is 2.33. The molecule has 0 radical (unpaired) electrons. The fourth-order valence-electron chi connectivity index (χ4n) is 1.51. The average molecular weight is 252 g/mol. The van der Waals surface area contributed by atoms with Gasteiger partial charge in [-0.25, -0.2) is 4.98 Å². The molecule has 0 aliphatic rings. The predicted molar refractivity (Wildman–Crippen MR) is 74.9 cm³/mol. The third-order valence-corrected chi connectivity index (χ3v) is 2.57. The lowest BCUT2D eigenvalue weighted by atomic mass is 10.1. The molecule has 102 valence electrons. The molecule has 0 saturated heterocycles. The lowest BCUT2D eigenvalue weighted by Crippen LogP contribution is -2.12. The minimum atomic E-state index is 0.483. The van der Waals surface area contributed by atoms with Crippen LogP contribution in [-0.2, 0) is 6.42 Å². The zero-order chi connectivity index (χ0) is 13.5. The minimum absolute atomic E-state index is 0.483. The molecular weight excluding hydrogens is 228 g/mol. The van der Waals surface area contributed by atoms with Gasteiger partial charge in [0.1, 0.15) is 11.5 Å². The summed E-state index contributed by atoms with van der Waals surface area (Å²) in [4.78, 5) is 8.69. The van der Waals surface area contributed by atoms with Gasteiger partial charge in [-0.3, -0.25) is 0 Å². The zero-order valence-electron chi connectivity index (χ0n) is 11.8. The number of nitrogens with one attached hydrogen (secondary N) is 1. The van der Waals surface area contributed by atoms with Crippen LogP contribution in [0.5, 0.6) is 5.88 Å². The third-order valence-electron chi connectivity index (χ3n) is 2.57. The summed E-state index contributed by atoms with van der Waals surface area (Å²) in [5, 5.41) is 3.26. The Kier molecular flexibility index (Phi) is 5.68. The molecule has 0 atom stereocenters. The van der Waals surface area contributed by atoms with Crippen molar-refractivity contribution in [3.05, 3.63) is 5.82 Å². The number of aromatic nitrogens is 2. The van der Waals surface area contributed by atoms with Crippen LogP contribution in [0.2, 0.25) is 0 Å². The van der Waals surface area contributed by atoms with Gasteiger partial charge in [-0.1, -0.05) is 20.8 Å². The molecule has 0 aliphatic heterocycles. The van der Waals surface area contributed by atoms with Gasteiger partial charge in [0.05, 0.1) is 6.61 Å². The molecule has 0 amide bonds. The summed E-state index contributed by atoms with van der Waals surface area (Å²) in [5.74, 6) is 2.57. The molecule has 18 heavy (non-hydrogen) atoms. The Morgan fingerprint density at radius 2 is 2.00 bits per heavy atom. The highest BCUT2D eigenvalue weighted by Crippen LogP contribution is 2.26. The maximum absolute atomic E-state index is 6.00. The Balaban J connectivity index is 2.84. The number of hydrogen-bond acceptors (Lipinski definition) is 5. The third kappa shape index (κ3) is 4.05. The van der Waals surface area contributed by atoms with Crippen LogP contribution < -0.4 is 15.8 Å². The van der Waals surface area contributed by atoms with Crippen molar-refractivity contribution in [1.82, 2.24) is 9.97 Å². The second kappa shape index (κ2) is 7.03. The van der Waals surface area contributed by atoms with Crippen molar-refractivity contribution in [1.29, 1.82) is 0 Å². The first-order valence-electron chi connectivity index (χ1n) is 6.61. The molecule has 0 unspecified atom stereocenters. The van der Waals surface area contributed by atoms with Gasteiger partial charge in [-0.2, -0.15) is 4.98 Å². The molecule has 3 N–H and O–H groups in total. The molecule has 0 fully saturated rings. The van der Waals surface area contributed by atoms with Crippen LogP contribution in [0.1, 0.15) is 39.9 Å². The van der Waals surface area contributed by atoms with Crippen LogP contribution in [0.15, 0.2) is 0 Å². The Bertz CT molecular complexity index is 379. The lowest BCUT2D eigenvalue weighted by molar-refractivity contribution is 0.327. The van der Waals surface area contributed by atoms with Gasteiger partial charge in [0.2, 0.25) is 5.88 Å². The second-order valence-electron chi connectivity index (χ2n) is 4.60. The highest BCUT2D eigenvalue weighted by molar-refractivity contribution is 5.66. The summed E-state index contributed by atoms with van der Waals surface area (Å²) in [7, 11) is 0. The largest absolute Gasteiger partial charge is 0.476 e. The summed E-state index contributed by atoms with van der Waals surface area (Å²) in [6.07, 6.45) is 1.84. The van der Waals surface area contributed by atoms with E-state index in [-0.39, 0.29) is 0 Å². The maximum atomic E-state index is 6.00. The van der Waals surface area contributed by atoms with Crippen molar-refractivity contribution < 1.29 is 4.74 Å². The second-order valence-corrected chi connectivity index (χ2v) is 4.60. The molecule has 1 aromatic heterocycles. The van der Waals surface area contributed by atoms with Crippen LogP contribution >= 0.6 is 0 Å². The number of nitrogen functional groups attached to an aromatic ring is 1. The number of nitrogens with two attached hydrogens (primary N) is 1. The molecule has 0 saturated carbocycles. The van der Waals surface area contributed by atoms with E-state index in [2.05, 4.69) is 29.1 Å². The van der Waals surface area contributed by atoms with Gasteiger partial charge in [0.25, 0.3) is 0 Å². The number of rotatable bonds is 7. The van der Waals surface area contributed by atoms with Gasteiger partial charge in [-0.15, -0.1) is 0 Å². The van der Waals surface area contributed by atoms with Crippen molar-refractivity contribution >= 4 is 11.5 Å². The van der Waals surface area contributed by atoms with E-state index in [0.29, 0.717) is 29.9 Å². The maximum Gasteiger partial charge on any atom is 0.242 e. The smallest absolute Gasteiger partial charge is 0.242 e. The first-order valence-corrected chi connectivity index (χ1v) is 6.61. The fourth-order valence-corrected chi connectivity index (χ4v) is 1.51. The van der Waals surface area contributed by atoms with E-state index < -0.39 is 0 Å². The molecule has 0 aromatic carbocycles. The van der Waals surface area contributed by atoms with Crippen LogP contribution in [0, 0.1) is 5.92 Å². The van der Waals surface area contributed by atoms with Crippen molar-refractivity contribution in [3.63, 3.8) is 0 Å². The summed E-state index contributed by atoms with van der Waals surface area (Å²) in [5.41, 5.74) is 6.50. The van der Waals surface area contributed by atoms with E-state index in [1.807, 2.05) is 13.8 Å². The molecule has 0 bridgehead atoms. The highest BCUT2D eigenvalue weighted by atomic mass is 16.5. The molecule has 1 rings (SSSR count). The first-order chi connectivity index (χ1) is 8.58. The Morgan fingerprint density at radius 1 is 1.28 bits per heavy atom. The zero-order valence-corrected chi connectivity index (χ0v) is 11.8. The van der Waals surface area contributed by atoms with E-state index in [1.54, 1.807) is 0 Å². The van der Waals surface area contributed by atoms with Gasteiger partial charge >= 0.3 is 0 Å². The molecule has 5 heteroatoms. The molecule has 0 aliphatic carbocycles. The normalized spacial score (nSPS) is 10.7. The van der Waals surface area contributed by atoms with Gasteiger partial charge in [0.15, 0.2) is 5.82 Å². The van der Waals surface area contributed by atoms with E-state index >= 15 is 0 Å². The number of aryl methyl sites for hydroxylation is 1. The van der Waals surface area contributed by atoms with Crippen LogP contribution in [-0.4, -0.2) is 23.1 Å². The molecule has 5 nitrogen and oxygen atoms in total. The van der Waals surface area contributed by atoms with Crippen molar-refractivity contribution in [2.75, 3.05) is 24.2 Å². The predicted octanol–water partition coefficient (Wildman–Crippen LogP) is 2.48. The van der Waals surface area contributed by atoms with E-state index in [1.165, 1.54) is 0 Å². The quantitative estimate of drug-likeness (QED) is 0.780. The minimum Gasteiger partial charge on any atom is -0.476 e. The van der Waals surface area contributed by atoms with E-state index in [4.69, 9.17) is 10.5 Å². The van der Waals surface area contributed by atoms with Gasteiger partial charge in [0, 0.05) is 13.0 Å². The molecule has 1 heterocycles. The van der Waals surface area contributed by atoms with Gasteiger partial charge in [-0.05, 0) is 19.3 Å². The van der Waals surface area contributed by atoms with Crippen molar-refractivity contribution in [3.8, 4) is 5.88 Å². The summed E-state index contributed by atoms with van der Waals surface area (Å²) in [6.45, 7) is 9.71. The summed E-state index contributed by atoms with van der Waals surface area (Å²) >= 11 is 0. The van der Waals surface area contributed by atoms with Gasteiger partial charge < -0.3 is 15.8 Å². The topological polar surface area (TPSA) is 73.1 Å². The molecule has 1 aromatic rings. The fraction of sp³-hybridized carbons (Fsp3) is 0.692. The van der Waals surface area contributed by atoms with E-state index in [0.717, 1.165) is 25.2 Å². The Labute approximate surface area is 109 Å². The van der Waals surface area contributed by atoms with Crippen molar-refractivity contribution in [2.45, 2.75) is 40.5 Å². The standard InChI is InChI=1S/C13H24N4O/c1-5-10-16-12(15-8-7-9(3)4)11(14)13(17-10)18-6-2/h9H,5-8,14H2,1-4H3,(H,15,16,17). The van der Waals surface area contributed by atoms with Crippen LogP contribution in [0.3, 0.4) is 0 Å². The first kappa shape index (κ1) is 14.5. The van der Waals surface area contributed by atoms with Crippen LogP contribution in [0.4, 0.5) is 11.5 Å². The number of nitrogens with zero attached hydrogens (tertiary/aromatic N) is 2. The molecule has 0 spiro atoms. The Hall–Kier alpha value is -1.52.